The third-order valence-electron chi connectivity index (χ3n) is 2.56. The lowest BCUT2D eigenvalue weighted by molar-refractivity contribution is 0.0956. The molecule has 2 aromatic rings. The summed E-state index contributed by atoms with van der Waals surface area (Å²) in [5.41, 5.74) is 14.0. The van der Waals surface area contributed by atoms with Gasteiger partial charge in [0.25, 0.3) is 5.91 Å². The molecule has 2 rings (SSSR count). The van der Waals surface area contributed by atoms with Crippen molar-refractivity contribution in [2.24, 2.45) is 16.5 Å². The van der Waals surface area contributed by atoms with Gasteiger partial charge in [-0.1, -0.05) is 0 Å². The van der Waals surface area contributed by atoms with E-state index in [9.17, 15) is 4.79 Å². The Hall–Kier alpha value is -2.13. The van der Waals surface area contributed by atoms with Gasteiger partial charge >= 0.3 is 0 Å². The molecule has 0 aromatic carbocycles. The Morgan fingerprint density at radius 2 is 2.36 bits per heavy atom. The Labute approximate surface area is 136 Å². The van der Waals surface area contributed by atoms with Crippen molar-refractivity contribution in [1.82, 2.24) is 15.3 Å². The highest BCUT2D eigenvalue weighted by atomic mass is 32.2. The Balaban J connectivity index is 1.81. The fraction of sp³-hybridized carbons (Fsp3) is 0.231. The van der Waals surface area contributed by atoms with Crippen LogP contribution in [0.2, 0.25) is 0 Å². The molecule has 0 bridgehead atoms. The number of rotatable bonds is 7. The van der Waals surface area contributed by atoms with Crippen molar-refractivity contribution in [2.45, 2.75) is 5.37 Å². The number of nitrogens with two attached hydrogens (primary N) is 2. The van der Waals surface area contributed by atoms with Crippen molar-refractivity contribution in [3.05, 3.63) is 46.7 Å². The monoisotopic (exact) mass is 336 g/mol. The summed E-state index contributed by atoms with van der Waals surface area (Å²) in [4.78, 5) is 24.1. The topological polar surface area (TPSA) is 119 Å². The lowest BCUT2D eigenvalue weighted by Crippen LogP contribution is -2.26. The molecule has 9 heteroatoms. The number of thioether (sulfide) groups is 1. The van der Waals surface area contributed by atoms with Crippen LogP contribution in [0.25, 0.3) is 0 Å². The number of nitrogens with one attached hydrogen (secondary N) is 1. The Kier molecular flexibility index (Phi) is 6.16. The SMILES string of the molecule is NC(N)=NC(SCCNC(=O)c1cccnc1)c1cscn1. The van der Waals surface area contributed by atoms with Gasteiger partial charge in [-0.2, -0.15) is 0 Å². The van der Waals surface area contributed by atoms with Crippen LogP contribution in [-0.2, 0) is 0 Å². The fourth-order valence-electron chi connectivity index (χ4n) is 1.60. The van der Waals surface area contributed by atoms with Gasteiger partial charge in [0.05, 0.1) is 16.8 Å². The summed E-state index contributed by atoms with van der Waals surface area (Å²) in [7, 11) is 0. The largest absolute Gasteiger partial charge is 0.370 e. The van der Waals surface area contributed by atoms with Crippen LogP contribution in [0.5, 0.6) is 0 Å². The van der Waals surface area contributed by atoms with Gasteiger partial charge in [0.1, 0.15) is 5.37 Å². The minimum absolute atomic E-state index is 0.0184. The molecule has 0 aliphatic carbocycles. The highest BCUT2D eigenvalue weighted by Crippen LogP contribution is 2.29. The average Bonchev–Trinajstić information content (AvgIpc) is 3.05. The average molecular weight is 336 g/mol. The van der Waals surface area contributed by atoms with E-state index in [0.29, 0.717) is 17.9 Å². The van der Waals surface area contributed by atoms with Crippen molar-refractivity contribution < 1.29 is 4.79 Å². The molecule has 0 saturated heterocycles. The van der Waals surface area contributed by atoms with Gasteiger partial charge < -0.3 is 16.8 Å². The minimum Gasteiger partial charge on any atom is -0.370 e. The van der Waals surface area contributed by atoms with Gasteiger partial charge in [-0.05, 0) is 12.1 Å². The number of guanidine groups is 1. The van der Waals surface area contributed by atoms with Gasteiger partial charge in [-0.3, -0.25) is 9.78 Å². The summed E-state index contributed by atoms with van der Waals surface area (Å²) in [6, 6.07) is 3.44. The molecule has 2 heterocycles. The number of pyridine rings is 1. The van der Waals surface area contributed by atoms with Crippen molar-refractivity contribution in [3.8, 4) is 0 Å². The Morgan fingerprint density at radius 1 is 1.50 bits per heavy atom. The molecule has 1 amide bonds. The number of nitrogens with zero attached hydrogens (tertiary/aromatic N) is 3. The first-order valence-electron chi connectivity index (χ1n) is 6.43. The molecule has 5 N–H and O–H groups in total. The van der Waals surface area contributed by atoms with E-state index in [-0.39, 0.29) is 17.2 Å². The van der Waals surface area contributed by atoms with Crippen LogP contribution in [0, 0.1) is 0 Å². The number of aliphatic imine (C=N–C) groups is 1. The summed E-state index contributed by atoms with van der Waals surface area (Å²) in [5.74, 6) is 0.524. The number of amides is 1. The molecule has 0 aliphatic heterocycles. The molecule has 22 heavy (non-hydrogen) atoms. The molecule has 116 valence electrons. The second-order valence-corrected chi connectivity index (χ2v) is 6.09. The van der Waals surface area contributed by atoms with E-state index >= 15 is 0 Å². The molecule has 1 unspecified atom stereocenters. The number of carbonyl (C=O) groups is 1. The van der Waals surface area contributed by atoms with Crippen LogP contribution in [0.1, 0.15) is 21.4 Å². The van der Waals surface area contributed by atoms with Gasteiger partial charge in [0.15, 0.2) is 5.96 Å². The zero-order chi connectivity index (χ0) is 15.8. The summed E-state index contributed by atoms with van der Waals surface area (Å²) >= 11 is 3.00. The van der Waals surface area contributed by atoms with E-state index in [4.69, 9.17) is 11.5 Å². The van der Waals surface area contributed by atoms with Crippen molar-refractivity contribution in [1.29, 1.82) is 0 Å². The fourth-order valence-corrected chi connectivity index (χ4v) is 3.20. The number of hydrogen-bond acceptors (Lipinski definition) is 6. The first-order chi connectivity index (χ1) is 10.7. The first kappa shape index (κ1) is 16.2. The number of carbonyl (C=O) groups excluding carboxylic acids is 1. The number of hydrogen-bond donors (Lipinski definition) is 3. The standard InChI is InChI=1S/C13H16N6OS2/c14-13(15)19-12(10-7-21-8-18-10)22-5-4-17-11(20)9-2-1-3-16-6-9/h1-3,6-8,12H,4-5H2,(H,17,20)(H4,14,15,19). The van der Waals surface area contributed by atoms with Gasteiger partial charge in [-0.25, -0.2) is 9.98 Å². The van der Waals surface area contributed by atoms with Gasteiger partial charge in [0.2, 0.25) is 0 Å². The maximum atomic E-state index is 11.9. The van der Waals surface area contributed by atoms with Crippen LogP contribution in [0.15, 0.2) is 40.4 Å². The molecule has 2 aromatic heterocycles. The molecule has 7 nitrogen and oxygen atoms in total. The second kappa shape index (κ2) is 8.35. The summed E-state index contributed by atoms with van der Waals surface area (Å²) < 4.78 is 0. The molecule has 0 fully saturated rings. The molecule has 1 atom stereocenters. The first-order valence-corrected chi connectivity index (χ1v) is 8.42. The highest BCUT2D eigenvalue weighted by Gasteiger charge is 2.13. The second-order valence-electron chi connectivity index (χ2n) is 4.19. The van der Waals surface area contributed by atoms with E-state index < -0.39 is 0 Å². The molecule has 0 saturated carbocycles. The molecule has 0 aliphatic rings. The third-order valence-corrected chi connectivity index (χ3v) is 4.26. The predicted molar refractivity (Wildman–Crippen MR) is 89.7 cm³/mol. The third kappa shape index (κ3) is 5.01. The van der Waals surface area contributed by atoms with Crippen LogP contribution < -0.4 is 16.8 Å². The lowest BCUT2D eigenvalue weighted by Gasteiger charge is -2.10. The van der Waals surface area contributed by atoms with Crippen LogP contribution >= 0.6 is 23.1 Å². The highest BCUT2D eigenvalue weighted by molar-refractivity contribution is 7.99. The van der Waals surface area contributed by atoms with Crippen LogP contribution in [-0.4, -0.2) is 34.1 Å². The predicted octanol–water partition coefficient (Wildman–Crippen LogP) is 0.973. The quantitative estimate of drug-likeness (QED) is 0.394. The molecular weight excluding hydrogens is 320 g/mol. The Bertz CT molecular complexity index is 613. The van der Waals surface area contributed by atoms with E-state index in [1.165, 1.54) is 29.3 Å². The van der Waals surface area contributed by atoms with Crippen molar-refractivity contribution >= 4 is 35.0 Å². The van der Waals surface area contributed by atoms with Crippen LogP contribution in [0.3, 0.4) is 0 Å². The Morgan fingerprint density at radius 3 is 3.00 bits per heavy atom. The zero-order valence-electron chi connectivity index (χ0n) is 11.7. The molecule has 0 radical (unpaired) electrons. The van der Waals surface area contributed by atoms with E-state index in [1.807, 2.05) is 5.38 Å². The summed E-state index contributed by atoms with van der Waals surface area (Å²) in [6.07, 6.45) is 3.15. The van der Waals surface area contributed by atoms with Crippen molar-refractivity contribution in [3.63, 3.8) is 0 Å². The van der Waals surface area contributed by atoms with Gasteiger partial charge in [0, 0.05) is 30.1 Å². The normalized spacial score (nSPS) is 11.6. The smallest absolute Gasteiger partial charge is 0.252 e. The summed E-state index contributed by atoms with van der Waals surface area (Å²) in [6.45, 7) is 0.499. The zero-order valence-corrected chi connectivity index (χ0v) is 13.3. The maximum absolute atomic E-state index is 11.9. The van der Waals surface area contributed by atoms with Gasteiger partial charge in [-0.15, -0.1) is 23.1 Å². The molecule has 0 spiro atoms. The maximum Gasteiger partial charge on any atom is 0.252 e. The number of aromatic nitrogens is 2. The van der Waals surface area contributed by atoms with E-state index in [0.717, 1.165) is 5.69 Å². The lowest BCUT2D eigenvalue weighted by atomic mass is 10.3. The summed E-state index contributed by atoms with van der Waals surface area (Å²) in [5, 5.41) is 4.47. The minimum atomic E-state index is -0.258. The number of thiazole rings is 1. The van der Waals surface area contributed by atoms with Crippen molar-refractivity contribution in [2.75, 3.05) is 12.3 Å². The van der Waals surface area contributed by atoms with E-state index in [1.54, 1.807) is 23.8 Å². The van der Waals surface area contributed by atoms with Crippen LogP contribution in [0.4, 0.5) is 0 Å². The molecular formula is C13H16N6OS2. The van der Waals surface area contributed by atoms with E-state index in [2.05, 4.69) is 20.3 Å².